The molecule has 2 N–H and O–H groups in total. The Hall–Kier alpha value is -1.83. The molecule has 0 heterocycles. The summed E-state index contributed by atoms with van der Waals surface area (Å²) >= 11 is 5.83. The Morgan fingerprint density at radius 2 is 1.46 bits per heavy atom. The van der Waals surface area contributed by atoms with E-state index < -0.39 is 21.8 Å². The van der Waals surface area contributed by atoms with Gasteiger partial charge in [0.2, 0.25) is 10.0 Å². The highest BCUT2D eigenvalue weighted by atomic mass is 35.5. The number of hydrogen-bond acceptors (Lipinski definition) is 2. The zero-order valence-electron chi connectivity index (χ0n) is 13.5. The predicted molar refractivity (Wildman–Crippen MR) is 94.9 cm³/mol. The van der Waals surface area contributed by atoms with Crippen LogP contribution < -0.4 is 5.14 Å². The standard InChI is InChI=1S/C18H15ClF3NO2S/c19-17-10-12(6-9-16(17)18(20,21)22)15-3-1-2-14(15)11-4-7-13(8-5-11)26(23,24)25/h4-10H,1-3H2,(H2,23,24,25). The third-order valence-electron chi connectivity index (χ3n) is 4.37. The van der Waals surface area contributed by atoms with Crippen molar-refractivity contribution in [1.82, 2.24) is 0 Å². The Balaban J connectivity index is 2.02. The Labute approximate surface area is 154 Å². The van der Waals surface area contributed by atoms with Crippen molar-refractivity contribution in [3.05, 3.63) is 64.2 Å². The van der Waals surface area contributed by atoms with Crippen LogP contribution in [0.4, 0.5) is 13.2 Å². The topological polar surface area (TPSA) is 60.2 Å². The highest BCUT2D eigenvalue weighted by molar-refractivity contribution is 7.89. The molecule has 1 aliphatic rings. The van der Waals surface area contributed by atoms with Crippen molar-refractivity contribution in [1.29, 1.82) is 0 Å². The van der Waals surface area contributed by atoms with E-state index in [9.17, 15) is 21.6 Å². The van der Waals surface area contributed by atoms with Crippen molar-refractivity contribution < 1.29 is 21.6 Å². The Bertz CT molecular complexity index is 980. The number of halogens is 4. The van der Waals surface area contributed by atoms with Crippen molar-refractivity contribution in [2.45, 2.75) is 30.3 Å². The van der Waals surface area contributed by atoms with Gasteiger partial charge in [-0.3, -0.25) is 0 Å². The minimum Gasteiger partial charge on any atom is -0.225 e. The molecule has 0 fully saturated rings. The van der Waals surface area contributed by atoms with Crippen molar-refractivity contribution in [2.75, 3.05) is 0 Å². The van der Waals surface area contributed by atoms with Crippen LogP contribution in [0.15, 0.2) is 47.4 Å². The lowest BCUT2D eigenvalue weighted by Gasteiger charge is -2.13. The second-order valence-electron chi connectivity index (χ2n) is 6.07. The van der Waals surface area contributed by atoms with Gasteiger partial charge >= 0.3 is 6.18 Å². The maximum absolute atomic E-state index is 12.9. The summed E-state index contributed by atoms with van der Waals surface area (Å²) in [6, 6.07) is 9.92. The van der Waals surface area contributed by atoms with E-state index in [1.54, 1.807) is 12.1 Å². The molecule has 138 valence electrons. The lowest BCUT2D eigenvalue weighted by atomic mass is 9.96. The first-order valence-corrected chi connectivity index (χ1v) is 9.72. The highest BCUT2D eigenvalue weighted by Gasteiger charge is 2.33. The first-order chi connectivity index (χ1) is 12.1. The van der Waals surface area contributed by atoms with Crippen molar-refractivity contribution >= 4 is 32.8 Å². The minimum atomic E-state index is -4.49. The first kappa shape index (κ1) is 18.9. The van der Waals surface area contributed by atoms with Crippen LogP contribution in [0.3, 0.4) is 0 Å². The number of sulfonamides is 1. The van der Waals surface area contributed by atoms with E-state index in [2.05, 4.69) is 0 Å². The molecule has 2 aromatic rings. The van der Waals surface area contributed by atoms with Gasteiger partial charge < -0.3 is 0 Å². The van der Waals surface area contributed by atoms with Gasteiger partial charge in [0, 0.05) is 0 Å². The summed E-state index contributed by atoms with van der Waals surface area (Å²) in [6.45, 7) is 0. The second kappa shape index (κ2) is 6.72. The van der Waals surface area contributed by atoms with Crippen LogP contribution in [0.2, 0.25) is 5.02 Å². The van der Waals surface area contributed by atoms with Crippen LogP contribution in [0.25, 0.3) is 11.1 Å². The molecule has 0 aromatic heterocycles. The van der Waals surface area contributed by atoms with E-state index in [4.69, 9.17) is 16.7 Å². The van der Waals surface area contributed by atoms with Gasteiger partial charge in [0.25, 0.3) is 0 Å². The van der Waals surface area contributed by atoms with Crippen LogP contribution in [-0.2, 0) is 16.2 Å². The Morgan fingerprint density at radius 1 is 0.923 bits per heavy atom. The van der Waals surface area contributed by atoms with Gasteiger partial charge in [0.05, 0.1) is 15.5 Å². The molecule has 0 aliphatic heterocycles. The molecule has 26 heavy (non-hydrogen) atoms. The molecule has 3 nitrogen and oxygen atoms in total. The zero-order chi connectivity index (χ0) is 19.1. The summed E-state index contributed by atoms with van der Waals surface area (Å²) in [7, 11) is -3.77. The van der Waals surface area contributed by atoms with Gasteiger partial charge in [0.15, 0.2) is 0 Å². The maximum Gasteiger partial charge on any atom is 0.417 e. The van der Waals surface area contributed by atoms with Gasteiger partial charge in [-0.1, -0.05) is 29.8 Å². The maximum atomic E-state index is 12.9. The van der Waals surface area contributed by atoms with E-state index >= 15 is 0 Å². The first-order valence-electron chi connectivity index (χ1n) is 7.80. The minimum absolute atomic E-state index is 0.0129. The fourth-order valence-electron chi connectivity index (χ4n) is 3.16. The van der Waals surface area contributed by atoms with Crippen LogP contribution in [0.1, 0.15) is 36.0 Å². The molecule has 3 rings (SSSR count). The second-order valence-corrected chi connectivity index (χ2v) is 8.04. The van der Waals surface area contributed by atoms with Crippen molar-refractivity contribution in [2.24, 2.45) is 5.14 Å². The number of alkyl halides is 3. The lowest BCUT2D eigenvalue weighted by molar-refractivity contribution is -0.137. The van der Waals surface area contributed by atoms with E-state index in [0.717, 1.165) is 35.6 Å². The van der Waals surface area contributed by atoms with Crippen LogP contribution in [0, 0.1) is 0 Å². The molecule has 0 saturated heterocycles. The normalized spacial score (nSPS) is 15.6. The summed E-state index contributed by atoms with van der Waals surface area (Å²) in [5.41, 5.74) is 2.50. The van der Waals surface area contributed by atoms with Gasteiger partial charge in [-0.2, -0.15) is 13.2 Å². The number of allylic oxidation sites excluding steroid dienone is 2. The summed E-state index contributed by atoms with van der Waals surface area (Å²) in [5.74, 6) is 0. The average molecular weight is 402 g/mol. The molecule has 8 heteroatoms. The summed E-state index contributed by atoms with van der Waals surface area (Å²) in [5, 5.41) is 4.76. The van der Waals surface area contributed by atoms with Gasteiger partial charge in [-0.15, -0.1) is 0 Å². The molecule has 0 amide bonds. The molecule has 2 aromatic carbocycles. The molecule has 0 unspecified atom stereocenters. The number of rotatable bonds is 3. The molecule has 0 bridgehead atoms. The molecule has 0 spiro atoms. The molecule has 1 aliphatic carbocycles. The Kier molecular flexibility index (Phi) is 4.90. The smallest absolute Gasteiger partial charge is 0.225 e. The fourth-order valence-corrected chi connectivity index (χ4v) is 3.96. The highest BCUT2D eigenvalue weighted by Crippen LogP contribution is 2.42. The molecular weight excluding hydrogens is 387 g/mol. The number of hydrogen-bond donors (Lipinski definition) is 1. The summed E-state index contributed by atoms with van der Waals surface area (Å²) < 4.78 is 61.4. The van der Waals surface area contributed by atoms with Crippen LogP contribution in [0.5, 0.6) is 0 Å². The number of primary sulfonamides is 1. The molecule has 0 saturated carbocycles. The van der Waals surface area contributed by atoms with E-state index in [1.807, 2.05) is 0 Å². The third kappa shape index (κ3) is 3.79. The fraction of sp³-hybridized carbons (Fsp3) is 0.222. The predicted octanol–water partition coefficient (Wildman–Crippen LogP) is 5.10. The van der Waals surface area contributed by atoms with E-state index in [0.29, 0.717) is 12.0 Å². The van der Waals surface area contributed by atoms with E-state index in [-0.39, 0.29) is 9.92 Å². The lowest BCUT2D eigenvalue weighted by Crippen LogP contribution is -2.11. The summed E-state index contributed by atoms with van der Waals surface area (Å²) in [4.78, 5) is 0.0129. The monoisotopic (exact) mass is 401 g/mol. The SMILES string of the molecule is NS(=O)(=O)c1ccc(C2=C(c3ccc(C(F)(F)F)c(Cl)c3)CCC2)cc1. The number of benzene rings is 2. The molecule has 0 atom stereocenters. The van der Waals surface area contributed by atoms with Crippen LogP contribution in [-0.4, -0.2) is 8.42 Å². The largest absolute Gasteiger partial charge is 0.417 e. The molecule has 0 radical (unpaired) electrons. The van der Waals surface area contributed by atoms with Crippen molar-refractivity contribution in [3.8, 4) is 0 Å². The third-order valence-corrected chi connectivity index (χ3v) is 5.61. The number of nitrogens with two attached hydrogens (primary N) is 1. The quantitative estimate of drug-likeness (QED) is 0.777. The average Bonchev–Trinajstić information content (AvgIpc) is 3.02. The van der Waals surface area contributed by atoms with Crippen molar-refractivity contribution in [3.63, 3.8) is 0 Å². The van der Waals surface area contributed by atoms with Crippen LogP contribution >= 0.6 is 11.6 Å². The van der Waals surface area contributed by atoms with Gasteiger partial charge in [-0.25, -0.2) is 13.6 Å². The zero-order valence-corrected chi connectivity index (χ0v) is 15.0. The molecular formula is C18H15ClF3NO2S. The van der Waals surface area contributed by atoms with Gasteiger partial charge in [0.1, 0.15) is 0 Å². The van der Waals surface area contributed by atoms with E-state index in [1.165, 1.54) is 24.3 Å². The van der Waals surface area contributed by atoms with Gasteiger partial charge in [-0.05, 0) is 65.8 Å². The Morgan fingerprint density at radius 3 is 1.96 bits per heavy atom. The summed E-state index contributed by atoms with van der Waals surface area (Å²) in [6.07, 6.45) is -2.16.